The molecule has 0 fully saturated rings. The largest absolute Gasteiger partial charge is 0.490 e. The van der Waals surface area contributed by atoms with E-state index in [1.54, 1.807) is 0 Å². The van der Waals surface area contributed by atoms with E-state index in [-0.39, 0.29) is 0 Å². The van der Waals surface area contributed by atoms with Crippen molar-refractivity contribution in [2.75, 3.05) is 6.61 Å². The first kappa shape index (κ1) is 22.9. The van der Waals surface area contributed by atoms with Crippen molar-refractivity contribution in [3.05, 3.63) is 105 Å². The van der Waals surface area contributed by atoms with E-state index in [0.717, 1.165) is 31.9 Å². The molecule has 33 heavy (non-hydrogen) atoms. The van der Waals surface area contributed by atoms with E-state index in [4.69, 9.17) is 21.1 Å². The molecule has 0 atom stereocenters. The Balaban J connectivity index is 1.67. The van der Waals surface area contributed by atoms with Crippen LogP contribution in [0.1, 0.15) is 23.6 Å². The summed E-state index contributed by atoms with van der Waals surface area (Å²) < 4.78 is 12.7. The summed E-state index contributed by atoms with van der Waals surface area (Å²) in [6.07, 6.45) is 1.86. The van der Waals surface area contributed by atoms with Gasteiger partial charge in [-0.1, -0.05) is 82.1 Å². The van der Waals surface area contributed by atoms with Gasteiger partial charge in [0.15, 0.2) is 11.5 Å². The lowest BCUT2D eigenvalue weighted by Crippen LogP contribution is -2.01. The number of benzene rings is 4. The third-order valence-electron chi connectivity index (χ3n) is 5.18. The lowest BCUT2D eigenvalue weighted by molar-refractivity contribution is 0.269. The molecule has 0 N–H and O–H groups in total. The van der Waals surface area contributed by atoms with Gasteiger partial charge < -0.3 is 9.47 Å². The third kappa shape index (κ3) is 5.39. The number of hydrogen-bond acceptors (Lipinski definition) is 3. The monoisotopic (exact) mass is 517 g/mol. The summed E-state index contributed by atoms with van der Waals surface area (Å²) in [7, 11) is 0. The van der Waals surface area contributed by atoms with Crippen LogP contribution in [0.3, 0.4) is 0 Å². The number of hydrogen-bond donors (Lipinski definition) is 0. The van der Waals surface area contributed by atoms with Crippen LogP contribution in [0.2, 0.25) is 5.02 Å². The number of ether oxygens (including phenoxy) is 2. The van der Waals surface area contributed by atoms with Gasteiger partial charge in [-0.25, -0.2) is 0 Å². The van der Waals surface area contributed by atoms with Crippen molar-refractivity contribution in [2.24, 2.45) is 0 Å². The summed E-state index contributed by atoms with van der Waals surface area (Å²) in [5, 5.41) is 12.7. The normalized spacial score (nSPS) is 11.3. The molecule has 0 aromatic heterocycles. The van der Waals surface area contributed by atoms with E-state index in [9.17, 15) is 5.26 Å². The first-order chi connectivity index (χ1) is 16.1. The van der Waals surface area contributed by atoms with Gasteiger partial charge in [-0.05, 0) is 59.2 Å². The molecular weight excluding hydrogens is 498 g/mol. The van der Waals surface area contributed by atoms with Crippen LogP contribution in [0.15, 0.2) is 83.3 Å². The Morgan fingerprint density at radius 2 is 1.67 bits per heavy atom. The summed E-state index contributed by atoms with van der Waals surface area (Å²) >= 11 is 9.88. The highest BCUT2D eigenvalue weighted by atomic mass is 79.9. The zero-order chi connectivity index (χ0) is 23.2. The SMILES string of the molecule is CCOc1cc(/C=C(/C#N)c2ccc3ccccc3c2)c(Br)cc1OCc1ccccc1Cl. The number of halogens is 2. The van der Waals surface area contributed by atoms with Crippen LogP contribution in [0.4, 0.5) is 0 Å². The van der Waals surface area contributed by atoms with Crippen LogP contribution in [0, 0.1) is 11.3 Å². The summed E-state index contributed by atoms with van der Waals surface area (Å²) in [5.41, 5.74) is 3.15. The fraction of sp³-hybridized carbons (Fsp3) is 0.107. The van der Waals surface area contributed by atoms with Crippen LogP contribution in [0.25, 0.3) is 22.4 Å². The Hall–Kier alpha value is -3.26. The molecule has 0 saturated carbocycles. The second-order valence-electron chi connectivity index (χ2n) is 7.37. The molecule has 0 heterocycles. The standard InChI is InChI=1S/C28H21BrClNO2/c1-2-32-27-15-23(25(29)16-28(27)33-18-22-9-5-6-10-26(22)30)14-24(17-31)21-12-11-19-7-3-4-8-20(19)13-21/h3-16H,2,18H2,1H3/b24-14-. The Morgan fingerprint density at radius 3 is 2.42 bits per heavy atom. The Morgan fingerprint density at radius 1 is 0.939 bits per heavy atom. The molecule has 164 valence electrons. The molecule has 0 unspecified atom stereocenters. The van der Waals surface area contributed by atoms with Crippen LogP contribution in [-0.4, -0.2) is 6.61 Å². The summed E-state index contributed by atoms with van der Waals surface area (Å²) in [5.74, 6) is 1.21. The molecule has 0 bridgehead atoms. The van der Waals surface area contributed by atoms with Gasteiger partial charge in [-0.15, -0.1) is 0 Å². The van der Waals surface area contributed by atoms with Crippen LogP contribution >= 0.6 is 27.5 Å². The van der Waals surface area contributed by atoms with Crippen LogP contribution in [0.5, 0.6) is 11.5 Å². The maximum Gasteiger partial charge on any atom is 0.162 e. The van der Waals surface area contributed by atoms with E-state index in [1.807, 2.05) is 85.8 Å². The molecule has 0 amide bonds. The van der Waals surface area contributed by atoms with Crippen molar-refractivity contribution in [1.29, 1.82) is 5.26 Å². The highest BCUT2D eigenvalue weighted by molar-refractivity contribution is 9.10. The number of fused-ring (bicyclic) bond motifs is 1. The second-order valence-corrected chi connectivity index (χ2v) is 8.63. The third-order valence-corrected chi connectivity index (χ3v) is 6.24. The minimum absolute atomic E-state index is 0.321. The summed E-state index contributed by atoms with van der Waals surface area (Å²) in [6, 6.07) is 27.8. The predicted octanol–water partition coefficient (Wildman–Crippen LogP) is 8.30. The molecule has 0 spiro atoms. The van der Waals surface area contributed by atoms with Gasteiger partial charge in [0.2, 0.25) is 0 Å². The average molecular weight is 519 g/mol. The molecule has 0 aliphatic heterocycles. The van der Waals surface area contributed by atoms with Crippen molar-refractivity contribution in [3.8, 4) is 17.6 Å². The van der Waals surface area contributed by atoms with E-state index >= 15 is 0 Å². The molecule has 4 aromatic rings. The lowest BCUT2D eigenvalue weighted by atomic mass is 10.00. The first-order valence-corrected chi connectivity index (χ1v) is 11.7. The number of nitriles is 1. The molecule has 5 heteroatoms. The maximum atomic E-state index is 9.87. The van der Waals surface area contributed by atoms with Gasteiger partial charge in [-0.2, -0.15) is 5.26 Å². The fourth-order valence-corrected chi connectivity index (χ4v) is 4.13. The zero-order valence-corrected chi connectivity index (χ0v) is 20.4. The first-order valence-electron chi connectivity index (χ1n) is 10.5. The van der Waals surface area contributed by atoms with Crippen LogP contribution < -0.4 is 9.47 Å². The van der Waals surface area contributed by atoms with Gasteiger partial charge in [0.25, 0.3) is 0 Å². The van der Waals surface area contributed by atoms with E-state index in [1.165, 1.54) is 0 Å². The van der Waals surface area contributed by atoms with E-state index in [0.29, 0.717) is 35.3 Å². The number of nitrogens with zero attached hydrogens (tertiary/aromatic N) is 1. The highest BCUT2D eigenvalue weighted by Gasteiger charge is 2.13. The molecule has 4 aromatic carbocycles. The molecular formula is C28H21BrClNO2. The number of allylic oxidation sites excluding steroid dienone is 1. The van der Waals surface area contributed by atoms with Gasteiger partial charge in [0.05, 0.1) is 18.2 Å². The quantitative estimate of drug-likeness (QED) is 0.182. The van der Waals surface area contributed by atoms with Crippen molar-refractivity contribution < 1.29 is 9.47 Å². The molecule has 4 rings (SSSR count). The van der Waals surface area contributed by atoms with Crippen molar-refractivity contribution >= 4 is 50.0 Å². The van der Waals surface area contributed by atoms with Crippen molar-refractivity contribution in [1.82, 2.24) is 0 Å². The van der Waals surface area contributed by atoms with Gasteiger partial charge in [-0.3, -0.25) is 0 Å². The highest BCUT2D eigenvalue weighted by Crippen LogP contribution is 2.36. The molecule has 3 nitrogen and oxygen atoms in total. The summed E-state index contributed by atoms with van der Waals surface area (Å²) in [4.78, 5) is 0. The minimum Gasteiger partial charge on any atom is -0.490 e. The molecule has 0 aliphatic rings. The Bertz CT molecular complexity index is 1370. The van der Waals surface area contributed by atoms with Crippen molar-refractivity contribution in [2.45, 2.75) is 13.5 Å². The smallest absolute Gasteiger partial charge is 0.162 e. The number of rotatable bonds is 7. The van der Waals surface area contributed by atoms with E-state index < -0.39 is 0 Å². The average Bonchev–Trinajstić information content (AvgIpc) is 2.84. The second kappa shape index (κ2) is 10.6. The van der Waals surface area contributed by atoms with Crippen molar-refractivity contribution in [3.63, 3.8) is 0 Å². The van der Waals surface area contributed by atoms with Gasteiger partial charge in [0.1, 0.15) is 6.61 Å². The Kier molecular flexibility index (Phi) is 7.34. The predicted molar refractivity (Wildman–Crippen MR) is 139 cm³/mol. The topological polar surface area (TPSA) is 42.2 Å². The minimum atomic E-state index is 0.321. The zero-order valence-electron chi connectivity index (χ0n) is 18.0. The maximum absolute atomic E-state index is 9.87. The molecule has 0 aliphatic carbocycles. The molecule has 0 radical (unpaired) electrons. The van der Waals surface area contributed by atoms with Gasteiger partial charge >= 0.3 is 0 Å². The van der Waals surface area contributed by atoms with Crippen LogP contribution in [-0.2, 0) is 6.61 Å². The summed E-state index contributed by atoms with van der Waals surface area (Å²) in [6.45, 7) is 2.73. The van der Waals surface area contributed by atoms with E-state index in [2.05, 4.69) is 28.1 Å². The van der Waals surface area contributed by atoms with Gasteiger partial charge in [0, 0.05) is 15.1 Å². The Labute approximate surface area is 207 Å². The fourth-order valence-electron chi connectivity index (χ4n) is 3.51. The lowest BCUT2D eigenvalue weighted by Gasteiger charge is -2.15. The molecule has 0 saturated heterocycles.